The fraction of sp³-hybridized carbons (Fsp3) is 0.176. The predicted molar refractivity (Wildman–Crippen MR) is 102 cm³/mol. The van der Waals surface area contributed by atoms with Crippen LogP contribution >= 0.6 is 11.3 Å². The normalized spacial score (nSPS) is 12.2. The van der Waals surface area contributed by atoms with Gasteiger partial charge < -0.3 is 9.73 Å². The SMILES string of the molecule is CN(CCNc1ncnc2c1oc1ccccc12)S(=O)(=O)c1cccs1. The third-order valence-corrected chi connectivity index (χ3v) is 7.27. The Balaban J connectivity index is 1.52. The lowest BCUT2D eigenvalue weighted by Gasteiger charge is -2.16. The molecule has 0 aliphatic carbocycles. The molecule has 4 aromatic rings. The van der Waals surface area contributed by atoms with Crippen molar-refractivity contribution in [2.45, 2.75) is 4.21 Å². The first-order valence-corrected chi connectivity index (χ1v) is 10.3. The van der Waals surface area contributed by atoms with Gasteiger partial charge in [-0.1, -0.05) is 18.2 Å². The molecule has 0 radical (unpaired) electrons. The van der Waals surface area contributed by atoms with Crippen molar-refractivity contribution in [1.29, 1.82) is 0 Å². The molecule has 3 aromatic heterocycles. The zero-order valence-electron chi connectivity index (χ0n) is 13.9. The lowest BCUT2D eigenvalue weighted by Crippen LogP contribution is -2.31. The molecule has 0 bridgehead atoms. The van der Waals surface area contributed by atoms with E-state index in [2.05, 4.69) is 15.3 Å². The Hall–Kier alpha value is -2.49. The highest BCUT2D eigenvalue weighted by molar-refractivity contribution is 7.91. The molecule has 3 heterocycles. The molecule has 0 aliphatic heterocycles. The Labute approximate surface area is 154 Å². The van der Waals surface area contributed by atoms with Crippen molar-refractivity contribution in [3.63, 3.8) is 0 Å². The number of nitrogens with zero attached hydrogens (tertiary/aromatic N) is 3. The molecular weight excluding hydrogens is 372 g/mol. The molecule has 0 unspecified atom stereocenters. The summed E-state index contributed by atoms with van der Waals surface area (Å²) in [4.78, 5) is 8.53. The Morgan fingerprint density at radius 2 is 2.04 bits per heavy atom. The van der Waals surface area contributed by atoms with Crippen LogP contribution < -0.4 is 5.32 Å². The highest BCUT2D eigenvalue weighted by atomic mass is 32.2. The fourth-order valence-corrected chi connectivity index (χ4v) is 5.04. The number of hydrogen-bond donors (Lipinski definition) is 1. The molecular formula is C17H16N4O3S2. The van der Waals surface area contributed by atoms with E-state index >= 15 is 0 Å². The van der Waals surface area contributed by atoms with Crippen molar-refractivity contribution >= 4 is 49.2 Å². The van der Waals surface area contributed by atoms with E-state index < -0.39 is 10.0 Å². The van der Waals surface area contributed by atoms with E-state index in [0.717, 1.165) is 16.5 Å². The summed E-state index contributed by atoms with van der Waals surface area (Å²) in [5, 5.41) is 5.82. The molecule has 7 nitrogen and oxygen atoms in total. The number of para-hydroxylation sites is 1. The van der Waals surface area contributed by atoms with E-state index in [4.69, 9.17) is 4.42 Å². The zero-order valence-corrected chi connectivity index (χ0v) is 15.5. The number of nitrogens with one attached hydrogen (secondary N) is 1. The highest BCUT2D eigenvalue weighted by Gasteiger charge is 2.21. The minimum atomic E-state index is -3.46. The molecule has 0 aliphatic rings. The molecule has 4 rings (SSSR count). The van der Waals surface area contributed by atoms with E-state index in [1.165, 1.54) is 22.0 Å². The second-order valence-corrected chi connectivity index (χ2v) is 8.90. The summed E-state index contributed by atoms with van der Waals surface area (Å²) in [7, 11) is -1.89. The van der Waals surface area contributed by atoms with Crippen molar-refractivity contribution in [3.05, 3.63) is 48.1 Å². The Bertz CT molecular complexity index is 1150. The summed E-state index contributed by atoms with van der Waals surface area (Å²) in [6.45, 7) is 0.691. The molecule has 1 N–H and O–H groups in total. The van der Waals surface area contributed by atoms with Gasteiger partial charge in [-0.3, -0.25) is 0 Å². The van der Waals surface area contributed by atoms with Gasteiger partial charge in [0, 0.05) is 25.5 Å². The fourth-order valence-electron chi connectivity index (χ4n) is 2.67. The van der Waals surface area contributed by atoms with E-state index in [-0.39, 0.29) is 0 Å². The van der Waals surface area contributed by atoms with Crippen LogP contribution in [0.4, 0.5) is 5.82 Å². The van der Waals surface area contributed by atoms with Crippen LogP contribution in [0.1, 0.15) is 0 Å². The van der Waals surface area contributed by atoms with Crippen molar-refractivity contribution in [2.75, 3.05) is 25.5 Å². The lowest BCUT2D eigenvalue weighted by atomic mass is 10.2. The monoisotopic (exact) mass is 388 g/mol. The third-order valence-electron chi connectivity index (χ3n) is 4.04. The first kappa shape index (κ1) is 17.0. The van der Waals surface area contributed by atoms with Crippen LogP contribution in [-0.4, -0.2) is 42.8 Å². The minimum absolute atomic E-state index is 0.298. The Kier molecular flexibility index (Phi) is 4.35. The van der Waals surface area contributed by atoms with Gasteiger partial charge in [-0.15, -0.1) is 11.3 Å². The van der Waals surface area contributed by atoms with Gasteiger partial charge in [0.15, 0.2) is 11.4 Å². The van der Waals surface area contributed by atoms with Gasteiger partial charge in [0.2, 0.25) is 0 Å². The summed E-state index contributed by atoms with van der Waals surface area (Å²) in [6, 6.07) is 11.0. The zero-order chi connectivity index (χ0) is 18.1. The van der Waals surface area contributed by atoms with Crippen LogP contribution in [0.15, 0.2) is 56.7 Å². The van der Waals surface area contributed by atoms with E-state index in [1.54, 1.807) is 24.6 Å². The van der Waals surface area contributed by atoms with Gasteiger partial charge in [0.05, 0.1) is 0 Å². The van der Waals surface area contributed by atoms with Crippen LogP contribution in [0.5, 0.6) is 0 Å². The van der Waals surface area contributed by atoms with E-state index in [0.29, 0.717) is 28.7 Å². The van der Waals surface area contributed by atoms with Gasteiger partial charge in [-0.05, 0) is 23.6 Å². The predicted octanol–water partition coefficient (Wildman–Crippen LogP) is 3.17. The van der Waals surface area contributed by atoms with Gasteiger partial charge in [0.25, 0.3) is 10.0 Å². The largest absolute Gasteiger partial charge is 0.450 e. The Morgan fingerprint density at radius 1 is 1.19 bits per heavy atom. The van der Waals surface area contributed by atoms with Crippen LogP contribution in [0.2, 0.25) is 0 Å². The number of sulfonamides is 1. The van der Waals surface area contributed by atoms with Gasteiger partial charge >= 0.3 is 0 Å². The first-order valence-electron chi connectivity index (χ1n) is 7.93. The van der Waals surface area contributed by atoms with Gasteiger partial charge in [-0.25, -0.2) is 18.4 Å². The number of furan rings is 1. The van der Waals surface area contributed by atoms with E-state index in [9.17, 15) is 8.42 Å². The summed E-state index contributed by atoms with van der Waals surface area (Å²) in [6.07, 6.45) is 1.47. The van der Waals surface area contributed by atoms with Gasteiger partial charge in [-0.2, -0.15) is 4.31 Å². The number of hydrogen-bond acceptors (Lipinski definition) is 7. The maximum atomic E-state index is 12.4. The molecule has 0 atom stereocenters. The average Bonchev–Trinajstić information content (AvgIpc) is 3.30. The van der Waals surface area contributed by atoms with Crippen LogP contribution in [0, 0.1) is 0 Å². The summed E-state index contributed by atoms with van der Waals surface area (Å²) in [5.74, 6) is 0.549. The molecule has 1 aromatic carbocycles. The highest BCUT2D eigenvalue weighted by Crippen LogP contribution is 2.30. The van der Waals surface area contributed by atoms with Crippen molar-refractivity contribution in [2.24, 2.45) is 0 Å². The van der Waals surface area contributed by atoms with E-state index in [1.807, 2.05) is 24.3 Å². The molecule has 0 saturated carbocycles. The number of fused-ring (bicyclic) bond motifs is 3. The number of likely N-dealkylation sites (N-methyl/N-ethyl adjacent to an activating group) is 1. The second-order valence-electron chi connectivity index (χ2n) is 5.68. The second kappa shape index (κ2) is 6.67. The summed E-state index contributed by atoms with van der Waals surface area (Å²) >= 11 is 1.21. The molecule has 0 saturated heterocycles. The molecule has 9 heteroatoms. The minimum Gasteiger partial charge on any atom is -0.450 e. The van der Waals surface area contributed by atoms with Crippen LogP contribution in [-0.2, 0) is 10.0 Å². The topological polar surface area (TPSA) is 88.3 Å². The van der Waals surface area contributed by atoms with Crippen LogP contribution in [0.25, 0.3) is 22.1 Å². The number of benzene rings is 1. The lowest BCUT2D eigenvalue weighted by molar-refractivity contribution is 0.482. The molecule has 134 valence electrons. The maximum Gasteiger partial charge on any atom is 0.252 e. The van der Waals surface area contributed by atoms with Gasteiger partial charge in [0.1, 0.15) is 21.6 Å². The smallest absolute Gasteiger partial charge is 0.252 e. The quantitative estimate of drug-likeness (QED) is 0.546. The average molecular weight is 388 g/mol. The Morgan fingerprint density at radius 3 is 2.85 bits per heavy atom. The standard InChI is InChI=1S/C17H16N4O3S2/c1-21(26(22,23)14-7-4-10-25-14)9-8-18-17-16-15(19-11-20-17)12-5-2-3-6-13(12)24-16/h2-7,10-11H,8-9H2,1H3,(H,18,19,20). The summed E-state index contributed by atoms with van der Waals surface area (Å²) < 4.78 is 32.4. The number of anilines is 1. The van der Waals surface area contributed by atoms with Crippen molar-refractivity contribution in [1.82, 2.24) is 14.3 Å². The third kappa shape index (κ3) is 2.94. The number of rotatable bonds is 6. The molecule has 26 heavy (non-hydrogen) atoms. The first-order chi connectivity index (χ1) is 12.6. The van der Waals surface area contributed by atoms with Crippen LogP contribution in [0.3, 0.4) is 0 Å². The molecule has 0 fully saturated rings. The number of aromatic nitrogens is 2. The van der Waals surface area contributed by atoms with Crippen molar-refractivity contribution in [3.8, 4) is 0 Å². The summed E-state index contributed by atoms with van der Waals surface area (Å²) in [5.41, 5.74) is 2.04. The molecule has 0 amide bonds. The maximum absolute atomic E-state index is 12.4. The molecule has 0 spiro atoms. The van der Waals surface area contributed by atoms with Crippen molar-refractivity contribution < 1.29 is 12.8 Å². The number of thiophene rings is 1.